The number of benzene rings is 1. The van der Waals surface area contributed by atoms with E-state index in [0.717, 1.165) is 4.90 Å². The maximum absolute atomic E-state index is 13.2. The van der Waals surface area contributed by atoms with Crippen LogP contribution < -0.4 is 10.6 Å². The molecule has 0 radical (unpaired) electrons. The maximum Gasteiger partial charge on any atom is 0.332 e. The van der Waals surface area contributed by atoms with Gasteiger partial charge in [-0.3, -0.25) is 29.4 Å². The number of imide groups is 2. The summed E-state index contributed by atoms with van der Waals surface area (Å²) in [5, 5.41) is 5.33. The number of fused-ring (bicyclic) bond motifs is 1. The average molecular weight is 960 g/mol. The number of carbonyl (C=O) groups excluding carboxylic acids is 5. The number of esters is 1. The van der Waals surface area contributed by atoms with Crippen LogP contribution in [0.3, 0.4) is 0 Å². The molecule has 0 aliphatic carbocycles. The average Bonchev–Trinajstić information content (AvgIpc) is 3.54. The number of hydrogen-bond donors (Lipinski definition) is 2. The summed E-state index contributed by atoms with van der Waals surface area (Å²) in [5.41, 5.74) is 0.367. The highest BCUT2D eigenvalue weighted by molar-refractivity contribution is 6.25. The molecule has 0 spiro atoms. The van der Waals surface area contributed by atoms with E-state index in [2.05, 4.69) is 10.6 Å². The minimum atomic E-state index is -1.02. The second-order valence-corrected chi connectivity index (χ2v) is 15.6. The molecule has 1 fully saturated rings. The van der Waals surface area contributed by atoms with Crippen LogP contribution in [0.5, 0.6) is 0 Å². The number of nitrogens with zero attached hydrogens (tertiary/aromatic N) is 1. The zero-order valence-corrected chi connectivity index (χ0v) is 39.5. The van der Waals surface area contributed by atoms with Gasteiger partial charge in [0.25, 0.3) is 11.8 Å². The van der Waals surface area contributed by atoms with Gasteiger partial charge in [0.05, 0.1) is 176 Å². The fraction of sp³-hybridized carbons (Fsp3) is 0.756. The predicted molar refractivity (Wildman–Crippen MR) is 238 cm³/mol. The minimum absolute atomic E-state index is 0.0606. The molecule has 1 atom stereocenters. The van der Waals surface area contributed by atoms with Crippen molar-refractivity contribution in [3.63, 3.8) is 0 Å². The van der Waals surface area contributed by atoms with Gasteiger partial charge in [0.1, 0.15) is 18.2 Å². The van der Waals surface area contributed by atoms with Gasteiger partial charge in [0.2, 0.25) is 11.8 Å². The third-order valence-corrected chi connectivity index (χ3v) is 9.13. The highest BCUT2D eigenvalue weighted by Crippen LogP contribution is 2.32. The fourth-order valence-electron chi connectivity index (χ4n) is 6.09. The van der Waals surface area contributed by atoms with Gasteiger partial charge in [-0.2, -0.15) is 0 Å². The third-order valence-electron chi connectivity index (χ3n) is 9.13. The van der Waals surface area contributed by atoms with E-state index in [-0.39, 0.29) is 30.6 Å². The van der Waals surface area contributed by atoms with Gasteiger partial charge in [-0.05, 0) is 39.3 Å². The van der Waals surface area contributed by atoms with E-state index in [1.54, 1.807) is 39.0 Å². The second-order valence-electron chi connectivity index (χ2n) is 15.6. The van der Waals surface area contributed by atoms with Crippen molar-refractivity contribution in [2.75, 3.05) is 184 Å². The maximum atomic E-state index is 13.2. The van der Waals surface area contributed by atoms with E-state index < -0.39 is 41.2 Å². The van der Waals surface area contributed by atoms with Crippen molar-refractivity contribution in [3.05, 3.63) is 29.3 Å². The minimum Gasteiger partial charge on any atom is -0.458 e. The Bertz CT molecular complexity index is 1550. The van der Waals surface area contributed by atoms with Crippen molar-refractivity contribution < 1.29 is 90.3 Å². The van der Waals surface area contributed by atoms with E-state index in [4.69, 9.17) is 66.3 Å². The first-order valence-corrected chi connectivity index (χ1v) is 22.9. The van der Waals surface area contributed by atoms with Gasteiger partial charge >= 0.3 is 5.97 Å². The number of piperidine rings is 1. The lowest BCUT2D eigenvalue weighted by molar-refractivity contribution is -0.160. The largest absolute Gasteiger partial charge is 0.458 e. The van der Waals surface area contributed by atoms with E-state index in [0.29, 0.717) is 177 Å². The van der Waals surface area contributed by atoms with Gasteiger partial charge in [0.15, 0.2) is 0 Å². The Balaban J connectivity index is 0.947. The van der Waals surface area contributed by atoms with Crippen LogP contribution >= 0.6 is 0 Å². The summed E-state index contributed by atoms with van der Waals surface area (Å²) in [6.07, 6.45) is 0.159. The molecule has 2 aliphatic heterocycles. The smallest absolute Gasteiger partial charge is 0.332 e. The molecule has 22 heteroatoms. The fourth-order valence-corrected chi connectivity index (χ4v) is 6.09. The zero-order chi connectivity index (χ0) is 48.2. The van der Waals surface area contributed by atoms with Crippen LogP contribution in [0, 0.1) is 0 Å². The Morgan fingerprint density at radius 3 is 1.30 bits per heavy atom. The molecule has 382 valence electrons. The normalized spacial score (nSPS) is 15.1. The first kappa shape index (κ1) is 57.6. The molecule has 1 aromatic carbocycles. The van der Waals surface area contributed by atoms with Gasteiger partial charge in [-0.15, -0.1) is 0 Å². The van der Waals surface area contributed by atoms with E-state index >= 15 is 0 Å². The summed E-state index contributed by atoms with van der Waals surface area (Å²) in [6.45, 7) is 16.5. The van der Waals surface area contributed by atoms with Crippen molar-refractivity contribution in [3.8, 4) is 0 Å². The quantitative estimate of drug-likeness (QED) is 0.0528. The van der Waals surface area contributed by atoms with Crippen LogP contribution in [0.2, 0.25) is 0 Å². The summed E-state index contributed by atoms with van der Waals surface area (Å²) in [4.78, 5) is 62.5. The summed E-state index contributed by atoms with van der Waals surface area (Å²) >= 11 is 0. The predicted octanol–water partition coefficient (Wildman–Crippen LogP) is 1.06. The van der Waals surface area contributed by atoms with Crippen LogP contribution in [0.4, 0.5) is 5.69 Å². The number of anilines is 1. The van der Waals surface area contributed by atoms with Crippen molar-refractivity contribution in [1.82, 2.24) is 10.2 Å². The van der Waals surface area contributed by atoms with Crippen molar-refractivity contribution in [2.24, 2.45) is 0 Å². The molecule has 0 bridgehead atoms. The topological polar surface area (TPSA) is 242 Å². The third kappa shape index (κ3) is 26.6. The molecule has 2 N–H and O–H groups in total. The van der Waals surface area contributed by atoms with Gasteiger partial charge in [-0.1, -0.05) is 6.07 Å². The lowest BCUT2D eigenvalue weighted by Gasteiger charge is -2.27. The molecule has 22 nitrogen and oxygen atoms in total. The monoisotopic (exact) mass is 959 g/mol. The van der Waals surface area contributed by atoms with Gasteiger partial charge < -0.3 is 71.6 Å². The van der Waals surface area contributed by atoms with E-state index in [9.17, 15) is 24.0 Å². The number of ether oxygens (including phenoxy) is 14. The van der Waals surface area contributed by atoms with Crippen LogP contribution in [0.15, 0.2) is 18.2 Å². The molecule has 0 saturated carbocycles. The molecule has 1 unspecified atom stereocenters. The number of carbonyl (C=O) groups is 5. The lowest BCUT2D eigenvalue weighted by atomic mass is 10.0. The lowest BCUT2D eigenvalue weighted by Crippen LogP contribution is -2.54. The Morgan fingerprint density at radius 2 is 0.925 bits per heavy atom. The van der Waals surface area contributed by atoms with Gasteiger partial charge in [0, 0.05) is 18.7 Å². The molecule has 4 amide bonds. The zero-order valence-electron chi connectivity index (χ0n) is 39.5. The number of amides is 4. The van der Waals surface area contributed by atoms with Crippen molar-refractivity contribution in [1.29, 1.82) is 0 Å². The van der Waals surface area contributed by atoms with Crippen molar-refractivity contribution in [2.45, 2.75) is 45.3 Å². The summed E-state index contributed by atoms with van der Waals surface area (Å²) in [7, 11) is 0. The van der Waals surface area contributed by atoms with E-state index in [1.807, 2.05) is 0 Å². The summed E-state index contributed by atoms with van der Waals surface area (Å²) in [5.74, 6) is -2.58. The molecule has 3 rings (SSSR count). The molecule has 1 saturated heterocycles. The van der Waals surface area contributed by atoms with Crippen molar-refractivity contribution >= 4 is 35.3 Å². The number of hydrogen-bond acceptors (Lipinski definition) is 20. The van der Waals surface area contributed by atoms with Crippen LogP contribution in [0.25, 0.3) is 0 Å². The van der Waals surface area contributed by atoms with Crippen LogP contribution in [-0.2, 0) is 80.7 Å². The Labute approximate surface area is 393 Å². The molecule has 1 aromatic rings. The highest BCUT2D eigenvalue weighted by atomic mass is 16.6. The molecule has 0 aromatic heterocycles. The summed E-state index contributed by atoms with van der Waals surface area (Å²) in [6, 6.07) is 3.89. The standard InChI is InChI=1S/C45H73N3O19/c1-45(2,3)67-40(50)35-66-34-33-65-32-31-64-30-29-63-28-27-62-26-25-61-24-23-60-22-21-59-20-19-58-18-17-57-16-15-56-14-13-55-12-11-54-10-9-46-37-6-4-5-36-41(37)44(53)48(43(36)52)38-7-8-39(49)47-42(38)51/h4-6,38,46H,7-35H2,1-3H3,(H,47,49,51). The number of nitrogens with one attached hydrogen (secondary N) is 2. The first-order chi connectivity index (χ1) is 32.6. The second kappa shape index (κ2) is 36.3. The highest BCUT2D eigenvalue weighted by Gasteiger charge is 2.45. The molecule has 2 aliphatic rings. The van der Waals surface area contributed by atoms with Gasteiger partial charge in [-0.25, -0.2) is 4.79 Å². The van der Waals surface area contributed by atoms with Crippen LogP contribution in [0.1, 0.15) is 54.3 Å². The molecule has 67 heavy (non-hydrogen) atoms. The van der Waals surface area contributed by atoms with Crippen LogP contribution in [-0.4, -0.2) is 224 Å². The SMILES string of the molecule is CC(C)(C)OC(=O)COCCOCCOCCOCCOCCOCCOCCOCCOCCOCCOCCOCCOCCNc1cccc2c1C(=O)N(C1CCC(=O)NC1=O)C2=O. The van der Waals surface area contributed by atoms with E-state index in [1.165, 1.54) is 0 Å². The first-order valence-electron chi connectivity index (χ1n) is 22.9. The number of rotatable bonds is 43. The molecular weight excluding hydrogens is 886 g/mol. The Hall–Kier alpha value is -3.75. The molecular formula is C45H73N3O19. The molecule has 2 heterocycles. The Morgan fingerprint density at radius 1 is 0.552 bits per heavy atom. The summed E-state index contributed by atoms with van der Waals surface area (Å²) < 4.78 is 76.3. The Kier molecular flexibility index (Phi) is 31.2.